The quantitative estimate of drug-likeness (QED) is 0.166. The van der Waals surface area contributed by atoms with E-state index in [1.807, 2.05) is 12.1 Å². The zero-order chi connectivity index (χ0) is 41.0. The van der Waals surface area contributed by atoms with Crippen LogP contribution in [0, 0.1) is 0 Å². The summed E-state index contributed by atoms with van der Waals surface area (Å²) in [6, 6.07) is 82.2. The van der Waals surface area contributed by atoms with Crippen molar-refractivity contribution in [2.75, 3.05) is 9.80 Å². The third-order valence-corrected chi connectivity index (χ3v) is 12.2. The van der Waals surface area contributed by atoms with Gasteiger partial charge in [-0.25, -0.2) is 0 Å². The molecule has 0 spiro atoms. The highest BCUT2D eigenvalue weighted by atomic mass is 16.3. The first-order valence-electron chi connectivity index (χ1n) is 21.1. The van der Waals surface area contributed by atoms with Crippen LogP contribution in [0.4, 0.5) is 34.1 Å². The fraction of sp³-hybridized carbons (Fsp3) is 0. The molecule has 0 radical (unpaired) electrons. The van der Waals surface area contributed by atoms with Gasteiger partial charge in [-0.05, 0) is 118 Å². The average Bonchev–Trinajstić information content (AvgIpc) is 3.90. The molecule has 1 N–H and O–H groups in total. The highest BCUT2D eigenvalue weighted by molar-refractivity contribution is 6.14. The normalized spacial score (nSPS) is 11.5. The molecular weight excluding hydrogens is 755 g/mol. The fourth-order valence-electron chi connectivity index (χ4n) is 9.16. The summed E-state index contributed by atoms with van der Waals surface area (Å²) < 4.78 is 6.69. The Morgan fingerprint density at radius 2 is 0.839 bits per heavy atom. The number of hydrogen-bond acceptors (Lipinski definition) is 3. The molecule has 12 rings (SSSR count). The van der Waals surface area contributed by atoms with Gasteiger partial charge >= 0.3 is 0 Å². The van der Waals surface area contributed by atoms with Gasteiger partial charge in [0.15, 0.2) is 0 Å². The number of rotatable bonds is 8. The summed E-state index contributed by atoms with van der Waals surface area (Å²) in [7, 11) is 0. The monoisotopic (exact) mass is 793 g/mol. The molecule has 12 aromatic rings. The van der Waals surface area contributed by atoms with Crippen molar-refractivity contribution in [3.05, 3.63) is 231 Å². The van der Waals surface area contributed by atoms with Gasteiger partial charge in [0.2, 0.25) is 0 Å². The summed E-state index contributed by atoms with van der Waals surface area (Å²) in [4.78, 5) is 8.44. The lowest BCUT2D eigenvalue weighted by Crippen LogP contribution is -2.09. The van der Waals surface area contributed by atoms with E-state index in [4.69, 9.17) is 4.42 Å². The molecule has 0 bridgehead atoms. The Morgan fingerprint density at radius 3 is 1.60 bits per heavy atom. The molecule has 0 saturated carbocycles. The molecule has 0 atom stereocenters. The van der Waals surface area contributed by atoms with E-state index in [1.165, 1.54) is 32.7 Å². The molecule has 2 heterocycles. The van der Waals surface area contributed by atoms with Crippen molar-refractivity contribution >= 4 is 88.6 Å². The first kappa shape index (κ1) is 35.6. The van der Waals surface area contributed by atoms with Gasteiger partial charge in [0.05, 0.1) is 5.52 Å². The number of benzene rings is 10. The molecule has 292 valence electrons. The molecule has 0 aliphatic heterocycles. The van der Waals surface area contributed by atoms with Gasteiger partial charge in [-0.2, -0.15) is 0 Å². The van der Waals surface area contributed by atoms with E-state index in [1.54, 1.807) is 0 Å². The molecule has 10 aromatic carbocycles. The van der Waals surface area contributed by atoms with Crippen LogP contribution in [0.15, 0.2) is 235 Å². The molecule has 0 fully saturated rings. The summed E-state index contributed by atoms with van der Waals surface area (Å²) in [6.45, 7) is 0. The van der Waals surface area contributed by atoms with Crippen LogP contribution >= 0.6 is 0 Å². The minimum absolute atomic E-state index is 0.855. The maximum atomic E-state index is 6.69. The van der Waals surface area contributed by atoms with Gasteiger partial charge in [0.25, 0.3) is 0 Å². The van der Waals surface area contributed by atoms with Crippen LogP contribution in [0.3, 0.4) is 0 Å². The molecular formula is C58H39N3O. The molecule has 0 amide bonds. The lowest BCUT2D eigenvalue weighted by molar-refractivity contribution is 0.669. The highest BCUT2D eigenvalue weighted by Gasteiger charge is 2.19. The van der Waals surface area contributed by atoms with E-state index in [-0.39, 0.29) is 0 Å². The van der Waals surface area contributed by atoms with Crippen molar-refractivity contribution < 1.29 is 4.42 Å². The molecule has 4 heteroatoms. The number of anilines is 6. The highest BCUT2D eigenvalue weighted by Crippen LogP contribution is 2.43. The zero-order valence-electron chi connectivity index (χ0n) is 33.7. The molecule has 0 saturated heterocycles. The van der Waals surface area contributed by atoms with Crippen molar-refractivity contribution in [1.29, 1.82) is 0 Å². The maximum Gasteiger partial charge on any atom is 0.137 e. The second-order valence-corrected chi connectivity index (χ2v) is 15.9. The smallest absolute Gasteiger partial charge is 0.137 e. The van der Waals surface area contributed by atoms with Crippen molar-refractivity contribution in [3.63, 3.8) is 0 Å². The Bertz CT molecular complexity index is 3530. The molecule has 0 unspecified atom stereocenters. The minimum Gasteiger partial charge on any atom is -0.456 e. The first-order chi connectivity index (χ1) is 30.7. The number of H-pyrrole nitrogens is 1. The second-order valence-electron chi connectivity index (χ2n) is 15.9. The summed E-state index contributed by atoms with van der Waals surface area (Å²) in [5.74, 6) is 0. The Balaban J connectivity index is 0.941. The predicted molar refractivity (Wildman–Crippen MR) is 261 cm³/mol. The van der Waals surface area contributed by atoms with Crippen molar-refractivity contribution in [3.8, 4) is 22.3 Å². The van der Waals surface area contributed by atoms with Crippen molar-refractivity contribution in [2.45, 2.75) is 0 Å². The van der Waals surface area contributed by atoms with E-state index in [0.717, 1.165) is 78.2 Å². The third kappa shape index (κ3) is 6.16. The van der Waals surface area contributed by atoms with Crippen LogP contribution in [0.1, 0.15) is 0 Å². The van der Waals surface area contributed by atoms with E-state index in [2.05, 4.69) is 233 Å². The summed E-state index contributed by atoms with van der Waals surface area (Å²) in [5, 5.41) is 6.97. The number of hydrogen-bond donors (Lipinski definition) is 1. The lowest BCUT2D eigenvalue weighted by Gasteiger charge is -2.26. The van der Waals surface area contributed by atoms with Crippen LogP contribution in [-0.4, -0.2) is 4.98 Å². The van der Waals surface area contributed by atoms with Gasteiger partial charge in [-0.1, -0.05) is 133 Å². The van der Waals surface area contributed by atoms with Crippen LogP contribution in [-0.2, 0) is 0 Å². The van der Waals surface area contributed by atoms with Gasteiger partial charge in [0.1, 0.15) is 11.2 Å². The lowest BCUT2D eigenvalue weighted by atomic mass is 10.0. The summed E-state index contributed by atoms with van der Waals surface area (Å²) >= 11 is 0. The Labute approximate surface area is 359 Å². The number of aromatic amines is 1. The second kappa shape index (κ2) is 14.7. The summed E-state index contributed by atoms with van der Waals surface area (Å²) in [6.07, 6.45) is 0. The fourth-order valence-corrected chi connectivity index (χ4v) is 9.16. The topological polar surface area (TPSA) is 35.4 Å². The standard InChI is InChI=1S/C58H39N3O/c1-4-13-39(14-5-1)41-23-27-46(28-24-41)61(47-29-25-40-15-10-11-16-42(40)35-47)48-31-34-55-54(37-48)53-22-12-21-50(58(53)59-55)43-26-32-51-52-33-30-49(38-57(52)62-56(51)36-43)60(44-17-6-2-7-18-44)45-19-8-3-9-20-45/h1-38,59H. The third-order valence-electron chi connectivity index (χ3n) is 12.2. The van der Waals surface area contributed by atoms with Gasteiger partial charge < -0.3 is 19.2 Å². The average molecular weight is 794 g/mol. The molecule has 4 nitrogen and oxygen atoms in total. The van der Waals surface area contributed by atoms with Crippen LogP contribution in [0.25, 0.3) is 76.8 Å². The van der Waals surface area contributed by atoms with Crippen molar-refractivity contribution in [2.24, 2.45) is 0 Å². The van der Waals surface area contributed by atoms with E-state index >= 15 is 0 Å². The molecule has 0 aliphatic carbocycles. The van der Waals surface area contributed by atoms with Crippen LogP contribution in [0.5, 0.6) is 0 Å². The predicted octanol–water partition coefficient (Wildman–Crippen LogP) is 16.6. The van der Waals surface area contributed by atoms with Gasteiger partial charge in [-0.3, -0.25) is 0 Å². The Morgan fingerprint density at radius 1 is 0.306 bits per heavy atom. The van der Waals surface area contributed by atoms with E-state index in [9.17, 15) is 0 Å². The molecule has 2 aromatic heterocycles. The van der Waals surface area contributed by atoms with Gasteiger partial charge in [0, 0.05) is 72.8 Å². The zero-order valence-corrected chi connectivity index (χ0v) is 33.7. The number of nitrogens with zero attached hydrogens (tertiary/aromatic N) is 2. The van der Waals surface area contributed by atoms with Crippen LogP contribution in [0.2, 0.25) is 0 Å². The Kier molecular flexibility index (Phi) is 8.46. The van der Waals surface area contributed by atoms with E-state index < -0.39 is 0 Å². The Hall–Kier alpha value is -8.34. The van der Waals surface area contributed by atoms with Gasteiger partial charge in [-0.15, -0.1) is 0 Å². The number of aromatic nitrogens is 1. The van der Waals surface area contributed by atoms with Crippen LogP contribution < -0.4 is 9.80 Å². The number of nitrogens with one attached hydrogen (secondary N) is 1. The SMILES string of the molecule is c1ccc(-c2ccc(N(c3ccc4ccccc4c3)c3ccc4[nH]c5c(-c6ccc7c(c6)oc6cc(N(c8ccccc8)c8ccccc8)ccc67)cccc5c4c3)cc2)cc1. The molecule has 62 heavy (non-hydrogen) atoms. The number of para-hydroxylation sites is 3. The van der Waals surface area contributed by atoms with E-state index in [0.29, 0.717) is 0 Å². The maximum absolute atomic E-state index is 6.69. The minimum atomic E-state index is 0.855. The number of fused-ring (bicyclic) bond motifs is 7. The van der Waals surface area contributed by atoms with Crippen molar-refractivity contribution in [1.82, 2.24) is 4.98 Å². The number of furan rings is 1. The molecule has 0 aliphatic rings. The summed E-state index contributed by atoms with van der Waals surface area (Å²) in [5.41, 5.74) is 15.0. The first-order valence-corrected chi connectivity index (χ1v) is 21.1. The largest absolute Gasteiger partial charge is 0.456 e.